The van der Waals surface area contributed by atoms with Gasteiger partial charge in [0.1, 0.15) is 16.5 Å². The zero-order valence-corrected chi connectivity index (χ0v) is 17.9. The van der Waals surface area contributed by atoms with Crippen LogP contribution in [0.5, 0.6) is 11.5 Å². The molecule has 0 N–H and O–H groups in total. The van der Waals surface area contributed by atoms with Crippen LogP contribution >= 0.6 is 11.5 Å². The van der Waals surface area contributed by atoms with E-state index in [1.165, 1.54) is 11.5 Å². The third-order valence-electron chi connectivity index (χ3n) is 4.42. The Balaban J connectivity index is 1.75. The first-order valence-electron chi connectivity index (χ1n) is 9.52. The van der Waals surface area contributed by atoms with Gasteiger partial charge in [-0.25, -0.2) is 4.98 Å². The fourth-order valence-electron chi connectivity index (χ4n) is 2.84. The Hall–Kier alpha value is -2.93. The summed E-state index contributed by atoms with van der Waals surface area (Å²) < 4.78 is 15.1. The summed E-state index contributed by atoms with van der Waals surface area (Å²) in [6.45, 7) is 6.94. The average molecular weight is 412 g/mol. The molecule has 0 aliphatic heterocycles. The maximum atomic E-state index is 13.0. The Labute approximate surface area is 175 Å². The first-order valence-corrected chi connectivity index (χ1v) is 10.3. The quantitative estimate of drug-likeness (QED) is 0.539. The van der Waals surface area contributed by atoms with E-state index in [1.54, 1.807) is 24.1 Å². The molecule has 0 saturated carbocycles. The summed E-state index contributed by atoms with van der Waals surface area (Å²) in [6, 6.07) is 14.9. The lowest BCUT2D eigenvalue weighted by Gasteiger charge is -2.25. The van der Waals surface area contributed by atoms with Gasteiger partial charge in [-0.05, 0) is 80.8 Å². The molecular formula is C22H25N3O3S. The fourth-order valence-corrected chi connectivity index (χ4v) is 3.50. The summed E-state index contributed by atoms with van der Waals surface area (Å²) in [5.74, 6) is 2.17. The molecule has 3 aromatic rings. The fraction of sp³-hybridized carbons (Fsp3) is 0.318. The van der Waals surface area contributed by atoms with Crippen molar-refractivity contribution in [2.45, 2.75) is 33.4 Å². The van der Waals surface area contributed by atoms with Crippen LogP contribution in [0.2, 0.25) is 0 Å². The first-order chi connectivity index (χ1) is 14.0. The molecule has 0 aliphatic rings. The van der Waals surface area contributed by atoms with Crippen LogP contribution in [0.4, 0.5) is 0 Å². The zero-order chi connectivity index (χ0) is 20.8. The van der Waals surface area contributed by atoms with Gasteiger partial charge in [0.2, 0.25) is 0 Å². The number of aromatic nitrogens is 2. The molecule has 0 atom stereocenters. The highest BCUT2D eigenvalue weighted by Gasteiger charge is 2.21. The van der Waals surface area contributed by atoms with Crippen LogP contribution in [-0.4, -0.2) is 39.9 Å². The van der Waals surface area contributed by atoms with E-state index < -0.39 is 0 Å². The molecule has 29 heavy (non-hydrogen) atoms. The molecule has 2 aromatic carbocycles. The molecule has 6 nitrogen and oxygen atoms in total. The number of carbonyl (C=O) groups excluding carboxylic acids is 1. The van der Waals surface area contributed by atoms with Crippen LogP contribution in [0.15, 0.2) is 48.5 Å². The molecule has 0 bridgehead atoms. The number of amides is 1. The molecule has 0 radical (unpaired) electrons. The van der Waals surface area contributed by atoms with Crippen molar-refractivity contribution in [3.63, 3.8) is 0 Å². The Kier molecular flexibility index (Phi) is 6.82. The van der Waals surface area contributed by atoms with Crippen LogP contribution in [0.3, 0.4) is 0 Å². The molecule has 1 aromatic heterocycles. The molecule has 0 unspecified atom stereocenters. The maximum Gasteiger partial charge on any atom is 0.254 e. The number of rotatable bonds is 8. The topological polar surface area (TPSA) is 64.5 Å². The van der Waals surface area contributed by atoms with Gasteiger partial charge in [-0.15, -0.1) is 0 Å². The van der Waals surface area contributed by atoms with Gasteiger partial charge in [0.25, 0.3) is 5.91 Å². The van der Waals surface area contributed by atoms with Gasteiger partial charge in [0.05, 0.1) is 20.3 Å². The smallest absolute Gasteiger partial charge is 0.254 e. The molecule has 0 fully saturated rings. The molecular weight excluding hydrogens is 386 g/mol. The van der Waals surface area contributed by atoms with E-state index >= 15 is 0 Å². The van der Waals surface area contributed by atoms with E-state index in [2.05, 4.69) is 9.36 Å². The van der Waals surface area contributed by atoms with Gasteiger partial charge < -0.3 is 14.4 Å². The van der Waals surface area contributed by atoms with Gasteiger partial charge in [-0.2, -0.15) is 4.37 Å². The van der Waals surface area contributed by atoms with Crippen molar-refractivity contribution in [2.75, 3.05) is 13.7 Å². The minimum Gasteiger partial charge on any atom is -0.497 e. The number of ether oxygens (including phenoxy) is 2. The highest BCUT2D eigenvalue weighted by molar-refractivity contribution is 7.05. The van der Waals surface area contributed by atoms with Gasteiger partial charge >= 0.3 is 0 Å². The third kappa shape index (κ3) is 5.12. The minimum absolute atomic E-state index is 0.0300. The summed E-state index contributed by atoms with van der Waals surface area (Å²) in [5.41, 5.74) is 1.55. The second kappa shape index (κ2) is 9.52. The molecule has 0 aliphatic carbocycles. The Morgan fingerprint density at radius 3 is 2.31 bits per heavy atom. The standard InChI is InChI=1S/C22H25N3O3S/c1-5-28-19-12-8-17(9-13-19)22(26)25(15(2)3)14-20-23-21(24-29-20)16-6-10-18(27-4)11-7-16/h6-13,15H,5,14H2,1-4H3. The molecule has 1 amide bonds. The summed E-state index contributed by atoms with van der Waals surface area (Å²) in [7, 11) is 1.64. The van der Waals surface area contributed by atoms with Crippen LogP contribution < -0.4 is 9.47 Å². The summed E-state index contributed by atoms with van der Waals surface area (Å²) in [6.07, 6.45) is 0. The average Bonchev–Trinajstić information content (AvgIpc) is 3.21. The normalized spacial score (nSPS) is 10.8. The van der Waals surface area contributed by atoms with Crippen molar-refractivity contribution in [1.29, 1.82) is 0 Å². The van der Waals surface area contributed by atoms with Crippen molar-refractivity contribution in [3.8, 4) is 22.9 Å². The lowest BCUT2D eigenvalue weighted by atomic mass is 10.1. The second-order valence-electron chi connectivity index (χ2n) is 6.72. The van der Waals surface area contributed by atoms with Crippen molar-refractivity contribution in [2.24, 2.45) is 0 Å². The number of nitrogens with zero attached hydrogens (tertiary/aromatic N) is 3. The van der Waals surface area contributed by atoms with Crippen molar-refractivity contribution in [3.05, 3.63) is 59.1 Å². The van der Waals surface area contributed by atoms with Crippen LogP contribution in [0.1, 0.15) is 36.1 Å². The molecule has 0 spiro atoms. The molecule has 1 heterocycles. The largest absolute Gasteiger partial charge is 0.497 e. The van der Waals surface area contributed by atoms with E-state index in [-0.39, 0.29) is 11.9 Å². The predicted octanol–water partition coefficient (Wildman–Crippen LogP) is 4.66. The van der Waals surface area contributed by atoms with Crippen molar-refractivity contribution >= 4 is 17.4 Å². The molecule has 3 rings (SSSR count). The summed E-state index contributed by atoms with van der Waals surface area (Å²) in [5, 5.41) is 0.795. The SMILES string of the molecule is CCOc1ccc(C(=O)N(Cc2nc(-c3ccc(OC)cc3)ns2)C(C)C)cc1. The van der Waals surface area contributed by atoms with Crippen molar-refractivity contribution in [1.82, 2.24) is 14.3 Å². The van der Waals surface area contributed by atoms with Crippen LogP contribution in [0, 0.1) is 0 Å². The van der Waals surface area contributed by atoms with E-state index in [0.717, 1.165) is 22.1 Å². The highest BCUT2D eigenvalue weighted by atomic mass is 32.1. The zero-order valence-electron chi connectivity index (χ0n) is 17.1. The number of benzene rings is 2. The third-order valence-corrected chi connectivity index (χ3v) is 5.11. The predicted molar refractivity (Wildman–Crippen MR) is 115 cm³/mol. The first kappa shape index (κ1) is 20.8. The van der Waals surface area contributed by atoms with E-state index in [4.69, 9.17) is 9.47 Å². The van der Waals surface area contributed by atoms with Gasteiger partial charge in [0.15, 0.2) is 5.82 Å². The van der Waals surface area contributed by atoms with Gasteiger partial charge in [-0.1, -0.05) is 0 Å². The molecule has 7 heteroatoms. The van der Waals surface area contributed by atoms with Crippen LogP contribution in [-0.2, 0) is 6.54 Å². The number of carbonyl (C=O) groups is 1. The summed E-state index contributed by atoms with van der Waals surface area (Å²) >= 11 is 1.32. The molecule has 152 valence electrons. The monoisotopic (exact) mass is 411 g/mol. The van der Waals surface area contributed by atoms with E-state index in [9.17, 15) is 4.79 Å². The lowest BCUT2D eigenvalue weighted by Crippen LogP contribution is -2.36. The van der Waals surface area contributed by atoms with E-state index in [1.807, 2.05) is 57.2 Å². The van der Waals surface area contributed by atoms with Gasteiger partial charge in [-0.3, -0.25) is 4.79 Å². The number of hydrogen-bond acceptors (Lipinski definition) is 6. The Bertz CT molecular complexity index is 937. The maximum absolute atomic E-state index is 13.0. The Morgan fingerprint density at radius 2 is 1.72 bits per heavy atom. The summed E-state index contributed by atoms with van der Waals surface area (Å²) in [4.78, 5) is 19.5. The highest BCUT2D eigenvalue weighted by Crippen LogP contribution is 2.23. The van der Waals surface area contributed by atoms with Crippen LogP contribution in [0.25, 0.3) is 11.4 Å². The molecule has 0 saturated heterocycles. The number of hydrogen-bond donors (Lipinski definition) is 0. The van der Waals surface area contributed by atoms with Crippen molar-refractivity contribution < 1.29 is 14.3 Å². The van der Waals surface area contributed by atoms with E-state index in [0.29, 0.717) is 24.5 Å². The second-order valence-corrected chi connectivity index (χ2v) is 7.56. The minimum atomic E-state index is -0.0377. The number of methoxy groups -OCH3 is 1. The van der Waals surface area contributed by atoms with Gasteiger partial charge in [0, 0.05) is 17.2 Å². The Morgan fingerprint density at radius 1 is 1.07 bits per heavy atom. The lowest BCUT2D eigenvalue weighted by molar-refractivity contribution is 0.0690.